The molecule has 0 spiro atoms. The maximum absolute atomic E-state index is 13.0. The highest BCUT2D eigenvalue weighted by Gasteiger charge is 2.31. The first-order valence-corrected chi connectivity index (χ1v) is 9.47. The molecule has 1 aliphatic rings. The second-order valence-electron chi connectivity index (χ2n) is 7.64. The number of aromatic nitrogens is 3. The summed E-state index contributed by atoms with van der Waals surface area (Å²) < 4.78 is 10.5. The van der Waals surface area contributed by atoms with Crippen LogP contribution in [0.15, 0.2) is 42.7 Å². The third-order valence-electron chi connectivity index (χ3n) is 5.00. The fraction of sp³-hybridized carbons (Fsp3) is 0.273. The van der Waals surface area contributed by atoms with Gasteiger partial charge in [0, 0.05) is 23.6 Å². The molecule has 30 heavy (non-hydrogen) atoms. The second-order valence-corrected chi connectivity index (χ2v) is 7.64. The van der Waals surface area contributed by atoms with E-state index in [4.69, 9.17) is 20.2 Å². The van der Waals surface area contributed by atoms with E-state index in [0.29, 0.717) is 40.8 Å². The summed E-state index contributed by atoms with van der Waals surface area (Å²) in [5.41, 5.74) is 9.80. The minimum atomic E-state index is -0.600. The number of carbonyl (C=O) groups excluding carboxylic acids is 1. The number of rotatable bonds is 5. The lowest BCUT2D eigenvalue weighted by Crippen LogP contribution is -2.31. The number of fused-ring (bicyclic) bond motifs is 1. The molecule has 0 bridgehead atoms. The van der Waals surface area contributed by atoms with Crippen molar-refractivity contribution in [3.8, 4) is 22.9 Å². The normalized spacial score (nSPS) is 13.4. The molecule has 0 aromatic carbocycles. The quantitative estimate of drug-likeness (QED) is 0.696. The summed E-state index contributed by atoms with van der Waals surface area (Å²) in [6.07, 6.45) is 3.34. The first-order chi connectivity index (χ1) is 14.3. The molecular weight excluding hydrogens is 382 g/mol. The van der Waals surface area contributed by atoms with Gasteiger partial charge in [-0.2, -0.15) is 0 Å². The van der Waals surface area contributed by atoms with Crippen LogP contribution in [0, 0.1) is 0 Å². The van der Waals surface area contributed by atoms with E-state index in [1.54, 1.807) is 36.5 Å². The highest BCUT2D eigenvalue weighted by molar-refractivity contribution is 6.09. The zero-order chi connectivity index (χ0) is 21.5. The summed E-state index contributed by atoms with van der Waals surface area (Å²) in [7, 11) is 3.09. The first-order valence-electron chi connectivity index (χ1n) is 9.47. The Kier molecular flexibility index (Phi) is 4.87. The minimum Gasteiger partial charge on any atom is -0.491 e. The summed E-state index contributed by atoms with van der Waals surface area (Å²) in [4.78, 5) is 28.0. The maximum Gasteiger partial charge on any atom is 0.260 e. The van der Waals surface area contributed by atoms with Gasteiger partial charge in [0.25, 0.3) is 11.8 Å². The highest BCUT2D eigenvalue weighted by atomic mass is 16.5. The molecule has 2 N–H and O–H groups in total. The molecule has 8 nitrogen and oxygen atoms in total. The van der Waals surface area contributed by atoms with Gasteiger partial charge < -0.3 is 20.1 Å². The Bertz CT molecular complexity index is 1120. The standard InChI is InChI=1S/C22H23N5O3/c1-22(2,23)19-10-14(7-8-24-19)27-12-17-15(21(27)28)5-6-16(26-17)13-9-18(29-3)20(30-4)25-11-13/h5-11H,12,23H2,1-4H3. The van der Waals surface area contributed by atoms with E-state index >= 15 is 0 Å². The van der Waals surface area contributed by atoms with Crippen molar-refractivity contribution in [1.29, 1.82) is 0 Å². The summed E-state index contributed by atoms with van der Waals surface area (Å²) in [6, 6.07) is 9.07. The van der Waals surface area contributed by atoms with Crippen molar-refractivity contribution in [2.75, 3.05) is 19.1 Å². The largest absolute Gasteiger partial charge is 0.491 e. The topological polar surface area (TPSA) is 103 Å². The Hall–Kier alpha value is -3.52. The Morgan fingerprint density at radius 3 is 2.60 bits per heavy atom. The third kappa shape index (κ3) is 3.46. The van der Waals surface area contributed by atoms with Crippen molar-refractivity contribution < 1.29 is 14.3 Å². The summed E-state index contributed by atoms with van der Waals surface area (Å²) in [5, 5.41) is 0. The first kappa shape index (κ1) is 19.8. The van der Waals surface area contributed by atoms with Crippen molar-refractivity contribution in [2.45, 2.75) is 25.9 Å². The van der Waals surface area contributed by atoms with Gasteiger partial charge in [-0.15, -0.1) is 0 Å². The molecule has 0 fully saturated rings. The van der Waals surface area contributed by atoms with Gasteiger partial charge >= 0.3 is 0 Å². The van der Waals surface area contributed by atoms with Crippen LogP contribution in [0.3, 0.4) is 0 Å². The highest BCUT2D eigenvalue weighted by Crippen LogP contribution is 2.33. The predicted octanol–water partition coefficient (Wildman–Crippen LogP) is 2.91. The van der Waals surface area contributed by atoms with Crippen LogP contribution in [-0.2, 0) is 12.1 Å². The number of hydrogen-bond acceptors (Lipinski definition) is 7. The van der Waals surface area contributed by atoms with Gasteiger partial charge in [-0.3, -0.25) is 14.8 Å². The number of ether oxygens (including phenoxy) is 2. The van der Waals surface area contributed by atoms with Crippen LogP contribution < -0.4 is 20.1 Å². The lowest BCUT2D eigenvalue weighted by Gasteiger charge is -2.21. The van der Waals surface area contributed by atoms with Crippen LogP contribution in [-0.4, -0.2) is 35.1 Å². The van der Waals surface area contributed by atoms with Crippen molar-refractivity contribution in [2.24, 2.45) is 5.73 Å². The fourth-order valence-electron chi connectivity index (χ4n) is 3.36. The molecule has 4 rings (SSSR count). The number of pyridine rings is 3. The summed E-state index contributed by atoms with van der Waals surface area (Å²) >= 11 is 0. The molecule has 8 heteroatoms. The number of amides is 1. The molecule has 0 unspecified atom stereocenters. The van der Waals surface area contributed by atoms with Crippen LogP contribution in [0.4, 0.5) is 5.69 Å². The van der Waals surface area contributed by atoms with Crippen molar-refractivity contribution in [3.05, 3.63) is 59.7 Å². The van der Waals surface area contributed by atoms with Gasteiger partial charge in [0.15, 0.2) is 5.75 Å². The fourth-order valence-corrected chi connectivity index (χ4v) is 3.36. The predicted molar refractivity (Wildman–Crippen MR) is 113 cm³/mol. The van der Waals surface area contributed by atoms with E-state index < -0.39 is 5.54 Å². The van der Waals surface area contributed by atoms with Crippen molar-refractivity contribution in [1.82, 2.24) is 15.0 Å². The number of hydrogen-bond donors (Lipinski definition) is 1. The molecule has 1 amide bonds. The van der Waals surface area contributed by atoms with Gasteiger partial charge in [0.05, 0.1) is 48.9 Å². The monoisotopic (exact) mass is 405 g/mol. The van der Waals surface area contributed by atoms with Crippen LogP contribution in [0.2, 0.25) is 0 Å². The number of carbonyl (C=O) groups is 1. The van der Waals surface area contributed by atoms with E-state index in [0.717, 1.165) is 11.3 Å². The molecule has 154 valence electrons. The summed E-state index contributed by atoms with van der Waals surface area (Å²) in [6.45, 7) is 4.13. The second kappa shape index (κ2) is 7.38. The number of methoxy groups -OCH3 is 2. The van der Waals surface area contributed by atoms with Gasteiger partial charge in [-0.1, -0.05) is 0 Å². The van der Waals surface area contributed by atoms with Gasteiger partial charge in [0.1, 0.15) is 0 Å². The van der Waals surface area contributed by atoms with Crippen molar-refractivity contribution in [3.63, 3.8) is 0 Å². The van der Waals surface area contributed by atoms with E-state index in [2.05, 4.69) is 9.97 Å². The zero-order valence-corrected chi connectivity index (χ0v) is 17.3. The third-order valence-corrected chi connectivity index (χ3v) is 5.00. The van der Waals surface area contributed by atoms with E-state index in [1.807, 2.05) is 32.0 Å². The molecule has 4 heterocycles. The molecule has 0 aliphatic carbocycles. The Morgan fingerprint density at radius 1 is 1.10 bits per heavy atom. The number of nitrogens with zero attached hydrogens (tertiary/aromatic N) is 4. The van der Waals surface area contributed by atoms with Gasteiger partial charge in [-0.25, -0.2) is 4.98 Å². The Morgan fingerprint density at radius 2 is 1.90 bits per heavy atom. The molecular formula is C22H23N5O3. The lowest BCUT2D eigenvalue weighted by atomic mass is 10.0. The zero-order valence-electron chi connectivity index (χ0n) is 17.3. The Balaban J connectivity index is 1.67. The molecule has 0 saturated heterocycles. The van der Waals surface area contributed by atoms with E-state index in [-0.39, 0.29) is 5.91 Å². The van der Waals surface area contributed by atoms with Crippen LogP contribution >= 0.6 is 0 Å². The van der Waals surface area contributed by atoms with Crippen LogP contribution in [0.5, 0.6) is 11.6 Å². The minimum absolute atomic E-state index is 0.0959. The molecule has 0 radical (unpaired) electrons. The molecule has 3 aromatic rings. The Labute approximate surface area is 174 Å². The average Bonchev–Trinajstić information content (AvgIpc) is 3.08. The van der Waals surface area contributed by atoms with Crippen molar-refractivity contribution >= 4 is 11.6 Å². The lowest BCUT2D eigenvalue weighted by molar-refractivity contribution is 0.0996. The van der Waals surface area contributed by atoms with E-state index in [9.17, 15) is 4.79 Å². The smallest absolute Gasteiger partial charge is 0.260 e. The number of anilines is 1. The van der Waals surface area contributed by atoms with Crippen LogP contribution in [0.1, 0.15) is 35.6 Å². The summed E-state index contributed by atoms with van der Waals surface area (Å²) in [5.74, 6) is 0.824. The maximum atomic E-state index is 13.0. The molecule has 0 saturated carbocycles. The average molecular weight is 405 g/mol. The van der Waals surface area contributed by atoms with Gasteiger partial charge in [-0.05, 0) is 44.2 Å². The van der Waals surface area contributed by atoms with Gasteiger partial charge in [0.2, 0.25) is 0 Å². The van der Waals surface area contributed by atoms with Crippen LogP contribution in [0.25, 0.3) is 11.3 Å². The SMILES string of the molecule is COc1cc(-c2ccc3c(n2)CN(c2ccnc(C(C)(C)N)c2)C3=O)cnc1OC. The molecule has 1 aliphatic heterocycles. The number of nitrogens with two attached hydrogens (primary N) is 1. The molecule has 0 atom stereocenters. The molecule has 3 aromatic heterocycles. The van der Waals surface area contributed by atoms with E-state index in [1.165, 1.54) is 7.11 Å².